The summed E-state index contributed by atoms with van der Waals surface area (Å²) in [6.07, 6.45) is 1.14. The molecule has 2 aromatic carbocycles. The number of nitro groups is 1. The zero-order valence-corrected chi connectivity index (χ0v) is 20.4. The van der Waals surface area contributed by atoms with Crippen molar-refractivity contribution < 1.29 is 22.9 Å². The molecule has 1 amide bonds. The molecule has 10 heteroatoms. The lowest BCUT2D eigenvalue weighted by molar-refractivity contribution is -0.384. The third-order valence-corrected chi connectivity index (χ3v) is 6.16. The number of ether oxygens (including phenoxy) is 1. The van der Waals surface area contributed by atoms with Crippen LogP contribution in [0.25, 0.3) is 0 Å². The number of hydrogen-bond acceptors (Lipinski definition) is 6. The second-order valence-corrected chi connectivity index (χ2v) is 10.5. The lowest BCUT2D eigenvalue weighted by Crippen LogP contribution is -2.50. The van der Waals surface area contributed by atoms with Gasteiger partial charge in [-0.15, -0.1) is 0 Å². The van der Waals surface area contributed by atoms with Crippen LogP contribution in [0.1, 0.15) is 39.7 Å². The standard InChI is InChI=1S/C23H31N3O6S/c1-6-20(25(33(5,30)31)17-10-9-11-18(16-17)26(28)29)22(27)24-14-15-32-21-13-8-7-12-19(21)23(2,3)4/h7-13,16,20H,6,14-15H2,1-5H3,(H,24,27)/t20-/m1/s1. The molecule has 1 atom stereocenters. The number of benzene rings is 2. The van der Waals surface area contributed by atoms with Crippen molar-refractivity contribution in [2.45, 2.75) is 45.6 Å². The first-order valence-corrected chi connectivity index (χ1v) is 12.4. The van der Waals surface area contributed by atoms with Gasteiger partial charge < -0.3 is 10.1 Å². The van der Waals surface area contributed by atoms with Gasteiger partial charge >= 0.3 is 0 Å². The van der Waals surface area contributed by atoms with Crippen molar-refractivity contribution in [1.82, 2.24) is 5.32 Å². The molecule has 0 bridgehead atoms. The fourth-order valence-corrected chi connectivity index (χ4v) is 4.67. The van der Waals surface area contributed by atoms with Gasteiger partial charge in [-0.05, 0) is 29.5 Å². The summed E-state index contributed by atoms with van der Waals surface area (Å²) >= 11 is 0. The summed E-state index contributed by atoms with van der Waals surface area (Å²) in [5, 5.41) is 13.8. The Hall–Kier alpha value is -3.14. The van der Waals surface area contributed by atoms with Crippen LogP contribution in [0, 0.1) is 10.1 Å². The number of sulfonamides is 1. The van der Waals surface area contributed by atoms with E-state index in [1.807, 2.05) is 24.3 Å². The number of nitro benzene ring substituents is 1. The van der Waals surface area contributed by atoms with E-state index < -0.39 is 26.9 Å². The minimum atomic E-state index is -3.89. The molecule has 0 radical (unpaired) electrons. The van der Waals surface area contributed by atoms with Crippen LogP contribution in [0.15, 0.2) is 48.5 Å². The normalized spacial score (nSPS) is 12.6. The largest absolute Gasteiger partial charge is 0.491 e. The molecule has 0 fully saturated rings. The van der Waals surface area contributed by atoms with Crippen molar-refractivity contribution >= 4 is 27.3 Å². The first-order chi connectivity index (χ1) is 15.4. The first kappa shape index (κ1) is 26.1. The number of hydrogen-bond donors (Lipinski definition) is 1. The maximum Gasteiger partial charge on any atom is 0.271 e. The van der Waals surface area contributed by atoms with Crippen LogP contribution >= 0.6 is 0 Å². The fraction of sp³-hybridized carbons (Fsp3) is 0.435. The number of para-hydroxylation sites is 1. The van der Waals surface area contributed by atoms with Crippen LogP contribution in [-0.2, 0) is 20.2 Å². The Labute approximate surface area is 195 Å². The summed E-state index contributed by atoms with van der Waals surface area (Å²) in [4.78, 5) is 23.4. The fourth-order valence-electron chi connectivity index (χ4n) is 3.47. The topological polar surface area (TPSA) is 119 Å². The molecule has 2 rings (SSSR count). The van der Waals surface area contributed by atoms with Crippen molar-refractivity contribution in [3.8, 4) is 5.75 Å². The molecule has 0 aliphatic rings. The van der Waals surface area contributed by atoms with E-state index in [0.717, 1.165) is 27.9 Å². The number of nitrogens with one attached hydrogen (secondary N) is 1. The maximum atomic E-state index is 12.9. The molecule has 9 nitrogen and oxygen atoms in total. The van der Waals surface area contributed by atoms with E-state index in [1.165, 1.54) is 18.2 Å². The lowest BCUT2D eigenvalue weighted by Gasteiger charge is -2.30. The number of non-ortho nitro benzene ring substituents is 1. The van der Waals surface area contributed by atoms with Gasteiger partial charge in [-0.1, -0.05) is 52.0 Å². The van der Waals surface area contributed by atoms with E-state index in [4.69, 9.17) is 4.74 Å². The minimum absolute atomic E-state index is 0.0593. The minimum Gasteiger partial charge on any atom is -0.491 e. The number of carbonyl (C=O) groups is 1. The highest BCUT2D eigenvalue weighted by molar-refractivity contribution is 7.92. The molecule has 0 saturated heterocycles. The molecule has 0 aromatic heterocycles. The summed E-state index contributed by atoms with van der Waals surface area (Å²) in [6.45, 7) is 8.28. The van der Waals surface area contributed by atoms with E-state index in [2.05, 4.69) is 26.1 Å². The molecular weight excluding hydrogens is 446 g/mol. The third-order valence-electron chi connectivity index (χ3n) is 4.98. The van der Waals surface area contributed by atoms with Crippen LogP contribution in [-0.4, -0.2) is 44.7 Å². The van der Waals surface area contributed by atoms with Crippen molar-refractivity contribution in [2.24, 2.45) is 0 Å². The van der Waals surface area contributed by atoms with Gasteiger partial charge in [-0.2, -0.15) is 0 Å². The molecule has 0 aliphatic carbocycles. The first-order valence-electron chi connectivity index (χ1n) is 10.6. The zero-order valence-electron chi connectivity index (χ0n) is 19.6. The number of rotatable bonds is 10. The van der Waals surface area contributed by atoms with Crippen LogP contribution in [0.3, 0.4) is 0 Å². The highest BCUT2D eigenvalue weighted by atomic mass is 32.2. The molecule has 2 aromatic rings. The zero-order chi connectivity index (χ0) is 24.8. The average molecular weight is 478 g/mol. The Kier molecular flexibility index (Phi) is 8.43. The number of amides is 1. The smallest absolute Gasteiger partial charge is 0.271 e. The molecule has 0 spiro atoms. The van der Waals surface area contributed by atoms with Crippen molar-refractivity contribution in [1.29, 1.82) is 0 Å². The predicted molar refractivity (Wildman–Crippen MR) is 128 cm³/mol. The van der Waals surface area contributed by atoms with Gasteiger partial charge in [0, 0.05) is 12.1 Å². The van der Waals surface area contributed by atoms with Crippen molar-refractivity contribution in [3.63, 3.8) is 0 Å². The Morgan fingerprint density at radius 3 is 2.42 bits per heavy atom. The molecule has 0 heterocycles. The van der Waals surface area contributed by atoms with Gasteiger partial charge in [-0.3, -0.25) is 19.2 Å². The maximum absolute atomic E-state index is 12.9. The lowest BCUT2D eigenvalue weighted by atomic mass is 9.86. The van der Waals surface area contributed by atoms with Gasteiger partial charge in [0.15, 0.2) is 0 Å². The summed E-state index contributed by atoms with van der Waals surface area (Å²) in [6, 6.07) is 11.8. The number of nitrogens with zero attached hydrogens (tertiary/aromatic N) is 2. The summed E-state index contributed by atoms with van der Waals surface area (Å²) < 4.78 is 31.8. The Morgan fingerprint density at radius 1 is 1.18 bits per heavy atom. The van der Waals surface area contributed by atoms with E-state index in [1.54, 1.807) is 6.92 Å². The summed E-state index contributed by atoms with van der Waals surface area (Å²) in [5.74, 6) is 0.211. The molecule has 180 valence electrons. The van der Waals surface area contributed by atoms with Gasteiger partial charge in [0.25, 0.3) is 5.69 Å². The van der Waals surface area contributed by atoms with Crippen LogP contribution in [0.4, 0.5) is 11.4 Å². The second-order valence-electron chi connectivity index (χ2n) is 8.65. The predicted octanol–water partition coefficient (Wildman–Crippen LogP) is 3.63. The second kappa shape index (κ2) is 10.7. The number of carbonyl (C=O) groups excluding carboxylic acids is 1. The van der Waals surface area contributed by atoms with E-state index in [-0.39, 0.29) is 36.4 Å². The van der Waals surface area contributed by atoms with Gasteiger partial charge in [0.2, 0.25) is 15.9 Å². The van der Waals surface area contributed by atoms with Crippen LogP contribution < -0.4 is 14.4 Å². The molecule has 0 saturated carbocycles. The highest BCUT2D eigenvalue weighted by Crippen LogP contribution is 2.31. The monoisotopic (exact) mass is 477 g/mol. The summed E-state index contributed by atoms with van der Waals surface area (Å²) in [7, 11) is -3.89. The van der Waals surface area contributed by atoms with E-state index >= 15 is 0 Å². The van der Waals surface area contributed by atoms with E-state index in [9.17, 15) is 23.3 Å². The van der Waals surface area contributed by atoms with Gasteiger partial charge in [0.1, 0.15) is 18.4 Å². The van der Waals surface area contributed by atoms with Crippen LogP contribution in [0.2, 0.25) is 0 Å². The van der Waals surface area contributed by atoms with Gasteiger partial charge in [0.05, 0.1) is 23.4 Å². The Balaban J connectivity index is 2.13. The summed E-state index contributed by atoms with van der Waals surface area (Å²) in [5.41, 5.74) is 0.726. The van der Waals surface area contributed by atoms with Gasteiger partial charge in [-0.25, -0.2) is 8.42 Å². The molecule has 0 aliphatic heterocycles. The van der Waals surface area contributed by atoms with Crippen molar-refractivity contribution in [2.75, 3.05) is 23.7 Å². The third kappa shape index (κ3) is 6.92. The Bertz CT molecular complexity index is 1100. The van der Waals surface area contributed by atoms with Crippen LogP contribution in [0.5, 0.6) is 5.75 Å². The number of anilines is 1. The molecule has 1 N–H and O–H groups in total. The van der Waals surface area contributed by atoms with Crippen molar-refractivity contribution in [3.05, 3.63) is 64.2 Å². The highest BCUT2D eigenvalue weighted by Gasteiger charge is 2.32. The van der Waals surface area contributed by atoms with E-state index in [0.29, 0.717) is 0 Å². The molecule has 0 unspecified atom stereocenters. The quantitative estimate of drug-likeness (QED) is 0.317. The Morgan fingerprint density at radius 2 is 1.85 bits per heavy atom. The molecule has 33 heavy (non-hydrogen) atoms. The average Bonchev–Trinajstić information content (AvgIpc) is 2.73. The SMILES string of the molecule is CC[C@H](C(=O)NCCOc1ccccc1C(C)(C)C)N(c1cccc([N+](=O)[O-])c1)S(C)(=O)=O. The molecular formula is C23H31N3O6S.